The van der Waals surface area contributed by atoms with Gasteiger partial charge < -0.3 is 4.74 Å². The molecule has 0 aromatic heterocycles. The van der Waals surface area contributed by atoms with Gasteiger partial charge in [0, 0.05) is 6.54 Å². The van der Waals surface area contributed by atoms with Gasteiger partial charge >= 0.3 is 6.36 Å². The quantitative estimate of drug-likeness (QED) is 0.657. The molecule has 0 aliphatic carbocycles. The summed E-state index contributed by atoms with van der Waals surface area (Å²) in [5.74, 6) is 6.30. The third-order valence-corrected chi connectivity index (χ3v) is 5.57. The Hall–Kier alpha value is -2.05. The molecule has 0 bridgehead atoms. The molecule has 0 amide bonds. The molecule has 2 aromatic carbocycles. The van der Waals surface area contributed by atoms with Crippen LogP contribution in [0.3, 0.4) is 0 Å². The van der Waals surface area contributed by atoms with Crippen molar-refractivity contribution < 1.29 is 17.9 Å². The summed E-state index contributed by atoms with van der Waals surface area (Å²) in [5, 5.41) is 1.82. The monoisotopic (exact) mass is 406 g/mol. The first-order valence-corrected chi connectivity index (χ1v) is 10.00. The Kier molecular flexibility index (Phi) is 6.24. The van der Waals surface area contributed by atoms with E-state index in [1.807, 2.05) is 62.2 Å². The van der Waals surface area contributed by atoms with Crippen molar-refractivity contribution in [3.05, 3.63) is 65.2 Å². The second-order valence-corrected chi connectivity index (χ2v) is 8.82. The number of halogens is 3. The fraction of sp³-hybridized carbons (Fsp3) is 0.478. The van der Waals surface area contributed by atoms with E-state index in [4.69, 9.17) is 5.84 Å². The van der Waals surface area contributed by atoms with E-state index >= 15 is 0 Å². The minimum absolute atomic E-state index is 0.0398. The zero-order valence-electron chi connectivity index (χ0n) is 17.2. The predicted molar refractivity (Wildman–Crippen MR) is 108 cm³/mol. The number of hydrogen-bond acceptors (Lipinski definition) is 3. The molecule has 1 fully saturated rings. The number of ether oxygens (including phenoxy) is 1. The lowest BCUT2D eigenvalue weighted by Gasteiger charge is -2.39. The molecule has 1 heterocycles. The van der Waals surface area contributed by atoms with E-state index in [9.17, 15) is 13.2 Å². The minimum Gasteiger partial charge on any atom is -0.406 e. The molecule has 29 heavy (non-hydrogen) atoms. The fourth-order valence-electron chi connectivity index (χ4n) is 4.14. The summed E-state index contributed by atoms with van der Waals surface area (Å²) < 4.78 is 43.3. The summed E-state index contributed by atoms with van der Waals surface area (Å²) in [4.78, 5) is 0. The number of piperidine rings is 1. The van der Waals surface area contributed by atoms with Crippen LogP contribution in [0.5, 0.6) is 5.75 Å². The number of alkyl halides is 3. The van der Waals surface area contributed by atoms with E-state index in [0.717, 1.165) is 30.5 Å². The molecule has 2 N–H and O–H groups in total. The van der Waals surface area contributed by atoms with E-state index in [1.54, 1.807) is 6.07 Å². The molecule has 3 rings (SSSR count). The van der Waals surface area contributed by atoms with Crippen LogP contribution in [0.1, 0.15) is 56.3 Å². The standard InChI is InChI=1S/C23H29F3N2O/c1-22(2,3)19-11-12-20(29-23(24,25)26)18(15-19)14-17-10-7-13-28(27)21(17)16-8-5-4-6-9-16/h4-6,8-9,11-12,15,17,21H,7,10,13-14,27H2,1-3H3. The maximum Gasteiger partial charge on any atom is 0.573 e. The lowest BCUT2D eigenvalue weighted by atomic mass is 9.80. The summed E-state index contributed by atoms with van der Waals surface area (Å²) in [6, 6.07) is 14.9. The smallest absolute Gasteiger partial charge is 0.406 e. The van der Waals surface area contributed by atoms with Crippen LogP contribution < -0.4 is 10.6 Å². The molecule has 1 aliphatic rings. The first-order valence-electron chi connectivity index (χ1n) is 10.00. The maximum atomic E-state index is 13.0. The summed E-state index contributed by atoms with van der Waals surface area (Å²) >= 11 is 0. The van der Waals surface area contributed by atoms with Crippen LogP contribution in [0, 0.1) is 5.92 Å². The Morgan fingerprint density at radius 2 is 1.76 bits per heavy atom. The highest BCUT2D eigenvalue weighted by molar-refractivity contribution is 5.40. The van der Waals surface area contributed by atoms with Crippen molar-refractivity contribution in [3.8, 4) is 5.75 Å². The molecule has 1 saturated heterocycles. The third-order valence-electron chi connectivity index (χ3n) is 5.57. The average Bonchev–Trinajstić information content (AvgIpc) is 2.62. The molecule has 2 aromatic rings. The van der Waals surface area contributed by atoms with Crippen LogP contribution in [0.2, 0.25) is 0 Å². The van der Waals surface area contributed by atoms with E-state index < -0.39 is 6.36 Å². The van der Waals surface area contributed by atoms with Crippen molar-refractivity contribution in [2.24, 2.45) is 11.8 Å². The van der Waals surface area contributed by atoms with Crippen LogP contribution in [-0.2, 0) is 11.8 Å². The molecule has 0 radical (unpaired) electrons. The van der Waals surface area contributed by atoms with Gasteiger partial charge in [0.15, 0.2) is 0 Å². The molecule has 0 saturated carbocycles. The second kappa shape index (κ2) is 8.36. The first kappa shape index (κ1) is 21.7. The number of nitrogens with two attached hydrogens (primary N) is 1. The highest BCUT2D eigenvalue weighted by Gasteiger charge is 2.35. The minimum atomic E-state index is -4.72. The van der Waals surface area contributed by atoms with Crippen molar-refractivity contribution in [2.45, 2.75) is 57.9 Å². The van der Waals surface area contributed by atoms with Crippen LogP contribution in [0.25, 0.3) is 0 Å². The molecule has 0 spiro atoms. The van der Waals surface area contributed by atoms with Crippen molar-refractivity contribution in [1.29, 1.82) is 0 Å². The summed E-state index contributed by atoms with van der Waals surface area (Å²) in [6.07, 6.45) is -2.43. The van der Waals surface area contributed by atoms with Gasteiger partial charge in [-0.05, 0) is 53.4 Å². The molecule has 1 aliphatic heterocycles. The summed E-state index contributed by atoms with van der Waals surface area (Å²) in [6.45, 7) is 6.91. The van der Waals surface area contributed by atoms with Gasteiger partial charge in [0.05, 0.1) is 6.04 Å². The Bertz CT molecular complexity index is 815. The normalized spacial score (nSPS) is 21.2. The van der Waals surface area contributed by atoms with Crippen LogP contribution in [-0.4, -0.2) is 17.9 Å². The largest absolute Gasteiger partial charge is 0.573 e. The Morgan fingerprint density at radius 3 is 2.38 bits per heavy atom. The van der Waals surface area contributed by atoms with Crippen LogP contribution in [0.15, 0.2) is 48.5 Å². The SMILES string of the molecule is CC(C)(C)c1ccc(OC(F)(F)F)c(CC2CCCN(N)C2c2ccccc2)c1. The van der Waals surface area contributed by atoms with Gasteiger partial charge in [-0.1, -0.05) is 63.2 Å². The Labute approximate surface area is 170 Å². The third kappa shape index (κ3) is 5.52. The van der Waals surface area contributed by atoms with Gasteiger partial charge in [-0.15, -0.1) is 13.2 Å². The topological polar surface area (TPSA) is 38.5 Å². The molecule has 2 unspecified atom stereocenters. The number of rotatable bonds is 4. The molecular weight excluding hydrogens is 377 g/mol. The molecular formula is C23H29F3N2O. The van der Waals surface area contributed by atoms with Gasteiger partial charge in [-0.25, -0.2) is 5.01 Å². The van der Waals surface area contributed by atoms with Gasteiger partial charge in [0.1, 0.15) is 5.75 Å². The van der Waals surface area contributed by atoms with Crippen LogP contribution >= 0.6 is 0 Å². The Morgan fingerprint density at radius 1 is 1.07 bits per heavy atom. The molecule has 3 nitrogen and oxygen atoms in total. The first-order chi connectivity index (χ1) is 13.5. The number of hydrazine groups is 1. The highest BCUT2D eigenvalue weighted by Crippen LogP contribution is 2.39. The molecule has 6 heteroatoms. The number of nitrogens with zero attached hydrogens (tertiary/aromatic N) is 1. The zero-order valence-corrected chi connectivity index (χ0v) is 17.2. The number of benzene rings is 2. The van der Waals surface area contributed by atoms with Gasteiger partial charge in [0.25, 0.3) is 0 Å². The van der Waals surface area contributed by atoms with Crippen molar-refractivity contribution in [3.63, 3.8) is 0 Å². The van der Waals surface area contributed by atoms with E-state index in [1.165, 1.54) is 6.07 Å². The van der Waals surface area contributed by atoms with E-state index in [0.29, 0.717) is 12.0 Å². The summed E-state index contributed by atoms with van der Waals surface area (Å²) in [5.41, 5.74) is 2.48. The lowest BCUT2D eigenvalue weighted by Crippen LogP contribution is -2.44. The summed E-state index contributed by atoms with van der Waals surface area (Å²) in [7, 11) is 0. The highest BCUT2D eigenvalue weighted by atomic mass is 19.4. The molecule has 158 valence electrons. The lowest BCUT2D eigenvalue weighted by molar-refractivity contribution is -0.274. The van der Waals surface area contributed by atoms with Gasteiger partial charge in [-0.3, -0.25) is 5.84 Å². The van der Waals surface area contributed by atoms with Crippen molar-refractivity contribution in [1.82, 2.24) is 5.01 Å². The zero-order chi connectivity index (χ0) is 21.2. The fourth-order valence-corrected chi connectivity index (χ4v) is 4.14. The predicted octanol–water partition coefficient (Wildman–Crippen LogP) is 5.75. The maximum absolute atomic E-state index is 13.0. The average molecular weight is 406 g/mol. The van der Waals surface area contributed by atoms with Gasteiger partial charge in [0.2, 0.25) is 0 Å². The number of hydrogen-bond donors (Lipinski definition) is 1. The molecule has 2 atom stereocenters. The van der Waals surface area contributed by atoms with E-state index in [-0.39, 0.29) is 23.1 Å². The van der Waals surface area contributed by atoms with Crippen LogP contribution in [0.4, 0.5) is 13.2 Å². The van der Waals surface area contributed by atoms with E-state index in [2.05, 4.69) is 4.74 Å². The van der Waals surface area contributed by atoms with Crippen molar-refractivity contribution >= 4 is 0 Å². The Balaban J connectivity index is 1.97. The second-order valence-electron chi connectivity index (χ2n) is 8.82. The van der Waals surface area contributed by atoms with Crippen molar-refractivity contribution in [2.75, 3.05) is 6.54 Å². The van der Waals surface area contributed by atoms with Gasteiger partial charge in [-0.2, -0.15) is 0 Å².